The molecule has 0 aliphatic carbocycles. The highest BCUT2D eigenvalue weighted by atomic mass is 15.1. The van der Waals surface area contributed by atoms with Crippen molar-refractivity contribution in [3.8, 4) is 0 Å². The lowest BCUT2D eigenvalue weighted by Gasteiger charge is -2.32. The van der Waals surface area contributed by atoms with Gasteiger partial charge in [-0.25, -0.2) is 4.98 Å². The van der Waals surface area contributed by atoms with Gasteiger partial charge in [0.2, 0.25) is 0 Å². The number of hydrogen-bond donors (Lipinski definition) is 2. The van der Waals surface area contributed by atoms with Crippen molar-refractivity contribution in [2.45, 2.75) is 32.2 Å². The monoisotopic (exact) mass is 234 g/mol. The number of nitrogens with zero attached hydrogens (tertiary/aromatic N) is 2. The van der Waals surface area contributed by atoms with E-state index in [0.717, 1.165) is 5.69 Å². The van der Waals surface area contributed by atoms with E-state index in [2.05, 4.69) is 22.1 Å². The van der Waals surface area contributed by atoms with Crippen LogP contribution in [0.5, 0.6) is 0 Å². The summed E-state index contributed by atoms with van der Waals surface area (Å²) < 4.78 is 0. The number of rotatable bonds is 4. The largest absolute Gasteiger partial charge is 0.384 e. The Morgan fingerprint density at radius 1 is 1.41 bits per heavy atom. The molecule has 0 amide bonds. The van der Waals surface area contributed by atoms with Crippen LogP contribution in [-0.2, 0) is 0 Å². The molecular weight excluding hydrogens is 212 g/mol. The van der Waals surface area contributed by atoms with Crippen LogP contribution in [0.2, 0.25) is 0 Å². The molecule has 3 N–H and O–H groups in total. The van der Waals surface area contributed by atoms with Crippen molar-refractivity contribution in [2.24, 2.45) is 0 Å². The second-order valence-electron chi connectivity index (χ2n) is 4.73. The molecule has 1 aromatic rings. The zero-order valence-electron chi connectivity index (χ0n) is 10.5. The molecule has 2 heterocycles. The number of piperidine rings is 1. The van der Waals surface area contributed by atoms with Crippen LogP contribution in [0.3, 0.4) is 0 Å². The van der Waals surface area contributed by atoms with E-state index in [4.69, 9.17) is 5.73 Å². The van der Waals surface area contributed by atoms with E-state index in [1.165, 1.54) is 38.9 Å². The van der Waals surface area contributed by atoms with Crippen LogP contribution in [0, 0.1) is 0 Å². The minimum Gasteiger partial charge on any atom is -0.384 e. The Balaban J connectivity index is 1.79. The first kappa shape index (κ1) is 12.2. The number of nitrogen functional groups attached to an aromatic ring is 1. The molecule has 2 rings (SSSR count). The first-order valence-electron chi connectivity index (χ1n) is 6.48. The zero-order chi connectivity index (χ0) is 12.1. The van der Waals surface area contributed by atoms with E-state index in [1.54, 1.807) is 0 Å². The molecule has 0 aromatic carbocycles. The van der Waals surface area contributed by atoms with Crippen LogP contribution in [-0.4, -0.2) is 35.6 Å². The highest BCUT2D eigenvalue weighted by Gasteiger charge is 2.18. The summed E-state index contributed by atoms with van der Waals surface area (Å²) in [4.78, 5) is 6.63. The fraction of sp³-hybridized carbons (Fsp3) is 0.615. The third-order valence-corrected chi connectivity index (χ3v) is 3.28. The highest BCUT2D eigenvalue weighted by molar-refractivity contribution is 5.46. The molecule has 0 spiro atoms. The van der Waals surface area contributed by atoms with Gasteiger partial charge < -0.3 is 16.0 Å². The van der Waals surface area contributed by atoms with Crippen molar-refractivity contribution in [3.63, 3.8) is 0 Å². The summed E-state index contributed by atoms with van der Waals surface area (Å²) in [7, 11) is 0. The van der Waals surface area contributed by atoms with Gasteiger partial charge in [0.1, 0.15) is 5.82 Å². The van der Waals surface area contributed by atoms with Crippen LogP contribution < -0.4 is 11.1 Å². The van der Waals surface area contributed by atoms with Gasteiger partial charge in [-0.1, -0.05) is 6.92 Å². The third-order valence-electron chi connectivity index (χ3n) is 3.28. The van der Waals surface area contributed by atoms with E-state index in [9.17, 15) is 0 Å². The Morgan fingerprint density at radius 2 is 2.18 bits per heavy atom. The predicted octanol–water partition coefficient (Wildman–Crippen LogP) is 1.95. The summed E-state index contributed by atoms with van der Waals surface area (Å²) >= 11 is 0. The Hall–Kier alpha value is -1.29. The molecule has 0 bridgehead atoms. The van der Waals surface area contributed by atoms with Gasteiger partial charge >= 0.3 is 0 Å². The van der Waals surface area contributed by atoms with E-state index in [1.807, 2.05) is 18.3 Å². The smallest absolute Gasteiger partial charge is 0.123 e. The number of nitrogens with two attached hydrogens (primary N) is 1. The van der Waals surface area contributed by atoms with Gasteiger partial charge in [0.25, 0.3) is 0 Å². The Bertz CT molecular complexity index is 328. The normalized spacial score (nSPS) is 18.2. The number of nitrogens with one attached hydrogen (secondary N) is 1. The van der Waals surface area contributed by atoms with E-state index in [0.29, 0.717) is 11.9 Å². The van der Waals surface area contributed by atoms with Crippen LogP contribution in [0.15, 0.2) is 18.3 Å². The average molecular weight is 234 g/mol. The van der Waals surface area contributed by atoms with Crippen LogP contribution in [0.1, 0.15) is 26.2 Å². The molecule has 1 aliphatic rings. The van der Waals surface area contributed by atoms with Crippen molar-refractivity contribution in [3.05, 3.63) is 18.3 Å². The number of pyridine rings is 1. The SMILES string of the molecule is CCCN1CCC(Nc2ccc(N)nc2)CC1. The van der Waals surface area contributed by atoms with Gasteiger partial charge in [0, 0.05) is 19.1 Å². The molecule has 1 saturated heterocycles. The summed E-state index contributed by atoms with van der Waals surface area (Å²) in [6, 6.07) is 4.42. The van der Waals surface area contributed by atoms with Crippen molar-refractivity contribution in [2.75, 3.05) is 30.7 Å². The summed E-state index contributed by atoms with van der Waals surface area (Å²) in [6.07, 6.45) is 5.49. The standard InChI is InChI=1S/C13H22N4/c1-2-7-17-8-5-11(6-9-17)16-12-3-4-13(14)15-10-12/h3-4,10-11,16H,2,5-9H2,1H3,(H2,14,15). The molecular formula is C13H22N4. The van der Waals surface area contributed by atoms with Gasteiger partial charge in [0.05, 0.1) is 11.9 Å². The number of anilines is 2. The van der Waals surface area contributed by atoms with Crippen LogP contribution in [0.25, 0.3) is 0 Å². The lowest BCUT2D eigenvalue weighted by Crippen LogP contribution is -2.39. The van der Waals surface area contributed by atoms with E-state index in [-0.39, 0.29) is 0 Å². The molecule has 0 atom stereocenters. The van der Waals surface area contributed by atoms with Crippen molar-refractivity contribution in [1.29, 1.82) is 0 Å². The molecule has 4 nitrogen and oxygen atoms in total. The Kier molecular flexibility index (Phi) is 4.20. The second-order valence-corrected chi connectivity index (χ2v) is 4.73. The maximum atomic E-state index is 5.57. The molecule has 17 heavy (non-hydrogen) atoms. The summed E-state index contributed by atoms with van der Waals surface area (Å²) in [6.45, 7) is 5.88. The minimum absolute atomic E-state index is 0.577. The molecule has 0 saturated carbocycles. The minimum atomic E-state index is 0.577. The Labute approximate surface area is 103 Å². The zero-order valence-corrected chi connectivity index (χ0v) is 10.5. The van der Waals surface area contributed by atoms with Gasteiger partial charge in [-0.3, -0.25) is 0 Å². The van der Waals surface area contributed by atoms with Crippen LogP contribution in [0.4, 0.5) is 11.5 Å². The van der Waals surface area contributed by atoms with Gasteiger partial charge in [-0.2, -0.15) is 0 Å². The summed E-state index contributed by atoms with van der Waals surface area (Å²) in [5.74, 6) is 0.577. The summed E-state index contributed by atoms with van der Waals surface area (Å²) in [5.41, 5.74) is 6.64. The quantitative estimate of drug-likeness (QED) is 0.836. The molecule has 0 unspecified atom stereocenters. The fourth-order valence-corrected chi connectivity index (χ4v) is 2.34. The molecule has 1 aromatic heterocycles. The molecule has 1 fully saturated rings. The lowest BCUT2D eigenvalue weighted by atomic mass is 10.0. The van der Waals surface area contributed by atoms with Crippen molar-refractivity contribution in [1.82, 2.24) is 9.88 Å². The maximum absolute atomic E-state index is 5.57. The number of likely N-dealkylation sites (tertiary alicyclic amines) is 1. The van der Waals surface area contributed by atoms with Gasteiger partial charge in [0.15, 0.2) is 0 Å². The number of aromatic nitrogens is 1. The molecule has 94 valence electrons. The second kappa shape index (κ2) is 5.87. The summed E-state index contributed by atoms with van der Waals surface area (Å²) in [5, 5.41) is 3.53. The Morgan fingerprint density at radius 3 is 2.76 bits per heavy atom. The van der Waals surface area contributed by atoms with Gasteiger partial charge in [-0.05, 0) is 37.9 Å². The van der Waals surface area contributed by atoms with Gasteiger partial charge in [-0.15, -0.1) is 0 Å². The van der Waals surface area contributed by atoms with E-state index < -0.39 is 0 Å². The first-order chi connectivity index (χ1) is 8.28. The van der Waals surface area contributed by atoms with Crippen molar-refractivity contribution >= 4 is 11.5 Å². The molecule has 1 aliphatic heterocycles. The molecule has 0 radical (unpaired) electrons. The first-order valence-corrected chi connectivity index (χ1v) is 6.48. The lowest BCUT2D eigenvalue weighted by molar-refractivity contribution is 0.219. The number of hydrogen-bond acceptors (Lipinski definition) is 4. The highest BCUT2D eigenvalue weighted by Crippen LogP contribution is 2.16. The average Bonchev–Trinajstić information content (AvgIpc) is 2.35. The van der Waals surface area contributed by atoms with Crippen molar-refractivity contribution < 1.29 is 0 Å². The third kappa shape index (κ3) is 3.60. The topological polar surface area (TPSA) is 54.2 Å². The molecule has 4 heteroatoms. The van der Waals surface area contributed by atoms with Crippen LogP contribution >= 0.6 is 0 Å². The maximum Gasteiger partial charge on any atom is 0.123 e. The predicted molar refractivity (Wildman–Crippen MR) is 72.0 cm³/mol. The fourth-order valence-electron chi connectivity index (χ4n) is 2.34. The van der Waals surface area contributed by atoms with E-state index >= 15 is 0 Å².